The number of likely N-dealkylation sites (N-methyl/N-ethyl adjacent to an activating group) is 1. The van der Waals surface area contributed by atoms with Crippen LogP contribution in [0, 0.1) is 42.7 Å². The molecule has 3 aliphatic rings. The standard InChI is InChI=1S/C36H42F2N4O4/c1-7-46-29(43)17-27(24-15-22(16-26(37)32(24)38)30-20(2)9-8-10-21(30)3)39-34(44)33-31-25(36(31,4)5)19-42(33)35(45)28-12-11-23-18-40(6)13-14-41(23)28/h8-12,15-16,25,27,31,33H,7,13-14,17-19H2,1-6H3,(H,39,44)/t25-,27-,31-,33-/m0/s1. The van der Waals surface area contributed by atoms with E-state index in [4.69, 9.17) is 4.74 Å². The van der Waals surface area contributed by atoms with Gasteiger partial charge in [-0.15, -0.1) is 0 Å². The van der Waals surface area contributed by atoms with Crippen LogP contribution in [0.15, 0.2) is 42.5 Å². The number of rotatable bonds is 8. The minimum atomic E-state index is -1.22. The van der Waals surface area contributed by atoms with E-state index in [2.05, 4.69) is 24.1 Å². The van der Waals surface area contributed by atoms with Crippen LogP contribution in [0.1, 0.15) is 66.1 Å². The quantitative estimate of drug-likeness (QED) is 0.336. The number of fused-ring (bicyclic) bond motifs is 2. The molecule has 1 N–H and O–H groups in total. The van der Waals surface area contributed by atoms with Crippen LogP contribution in [0.3, 0.4) is 0 Å². The highest BCUT2D eigenvalue weighted by Crippen LogP contribution is 2.65. The highest BCUT2D eigenvalue weighted by molar-refractivity contribution is 5.98. The maximum absolute atomic E-state index is 15.6. The SMILES string of the molecule is CCOC(=O)C[C@H](NC(=O)[C@@H]1[C@@H]2[C@H](CN1C(=O)c1ccc3n1CCN(C)C3)C2(C)C)c1cc(-c2c(C)cccc2C)cc(F)c1F. The van der Waals surface area contributed by atoms with E-state index in [0.29, 0.717) is 24.3 Å². The lowest BCUT2D eigenvalue weighted by atomic mass is 9.91. The Kier molecular flexibility index (Phi) is 8.29. The van der Waals surface area contributed by atoms with E-state index in [1.165, 1.54) is 6.07 Å². The number of hydrogen-bond donors (Lipinski definition) is 1. The van der Waals surface area contributed by atoms with E-state index in [-0.39, 0.29) is 35.3 Å². The second kappa shape index (κ2) is 12.0. The average molecular weight is 633 g/mol. The molecule has 1 saturated heterocycles. The number of aryl methyl sites for hydroxylation is 2. The van der Waals surface area contributed by atoms with Crippen LogP contribution in [0.25, 0.3) is 11.1 Å². The third kappa shape index (κ3) is 5.50. The van der Waals surface area contributed by atoms with Crippen molar-refractivity contribution >= 4 is 17.8 Å². The summed E-state index contributed by atoms with van der Waals surface area (Å²) in [6.07, 6.45) is -0.399. The summed E-state index contributed by atoms with van der Waals surface area (Å²) in [4.78, 5) is 45.0. The van der Waals surface area contributed by atoms with E-state index in [9.17, 15) is 14.4 Å². The molecule has 2 amide bonds. The van der Waals surface area contributed by atoms with Crippen LogP contribution in [0.2, 0.25) is 0 Å². The van der Waals surface area contributed by atoms with Crippen molar-refractivity contribution in [2.45, 2.75) is 66.2 Å². The summed E-state index contributed by atoms with van der Waals surface area (Å²) in [5, 5.41) is 2.88. The number of piperidine rings is 1. The van der Waals surface area contributed by atoms with Crippen LogP contribution < -0.4 is 5.32 Å². The van der Waals surface area contributed by atoms with Gasteiger partial charge in [-0.2, -0.15) is 0 Å². The molecule has 0 spiro atoms. The maximum Gasteiger partial charge on any atom is 0.308 e. The van der Waals surface area contributed by atoms with Crippen molar-refractivity contribution in [2.24, 2.45) is 17.3 Å². The van der Waals surface area contributed by atoms with E-state index in [0.717, 1.165) is 41.5 Å². The zero-order valence-electron chi connectivity index (χ0n) is 27.3. The van der Waals surface area contributed by atoms with Gasteiger partial charge in [0, 0.05) is 37.4 Å². The number of likely N-dealkylation sites (tertiary alicyclic amines) is 1. The van der Waals surface area contributed by atoms with Crippen LogP contribution in [0.5, 0.6) is 0 Å². The van der Waals surface area contributed by atoms with Gasteiger partial charge in [0.05, 0.1) is 19.1 Å². The molecular weight excluding hydrogens is 590 g/mol. The van der Waals surface area contributed by atoms with Crippen molar-refractivity contribution < 1.29 is 27.9 Å². The van der Waals surface area contributed by atoms with Gasteiger partial charge >= 0.3 is 5.97 Å². The average Bonchev–Trinajstić information content (AvgIpc) is 3.34. The van der Waals surface area contributed by atoms with Crippen molar-refractivity contribution in [2.75, 3.05) is 26.7 Å². The number of aromatic nitrogens is 1. The van der Waals surface area contributed by atoms with Gasteiger partial charge in [-0.05, 0) is 91.6 Å². The molecule has 4 atom stereocenters. The van der Waals surface area contributed by atoms with Gasteiger partial charge in [-0.3, -0.25) is 19.3 Å². The fourth-order valence-corrected chi connectivity index (χ4v) is 7.83. The van der Waals surface area contributed by atoms with Crippen LogP contribution >= 0.6 is 0 Å². The zero-order chi connectivity index (χ0) is 33.1. The number of esters is 1. The van der Waals surface area contributed by atoms with Crippen molar-refractivity contribution in [1.82, 2.24) is 19.7 Å². The Bertz CT molecular complexity index is 1700. The Morgan fingerprint density at radius 3 is 2.48 bits per heavy atom. The Morgan fingerprint density at radius 2 is 1.78 bits per heavy atom. The van der Waals surface area contributed by atoms with E-state index < -0.39 is 42.0 Å². The van der Waals surface area contributed by atoms with E-state index in [1.807, 2.05) is 55.8 Å². The number of amides is 2. The molecule has 0 bridgehead atoms. The molecule has 0 unspecified atom stereocenters. The van der Waals surface area contributed by atoms with Crippen molar-refractivity contribution in [3.05, 3.63) is 82.2 Å². The highest BCUT2D eigenvalue weighted by atomic mass is 19.2. The molecule has 244 valence electrons. The molecule has 3 heterocycles. The summed E-state index contributed by atoms with van der Waals surface area (Å²) >= 11 is 0. The minimum Gasteiger partial charge on any atom is -0.466 e. The lowest BCUT2D eigenvalue weighted by Gasteiger charge is -2.32. The number of carbonyl (C=O) groups is 3. The highest BCUT2D eigenvalue weighted by Gasteiger charge is 2.69. The van der Waals surface area contributed by atoms with Gasteiger partial charge in [-0.25, -0.2) is 8.78 Å². The Labute approximate surface area is 268 Å². The van der Waals surface area contributed by atoms with E-state index >= 15 is 8.78 Å². The van der Waals surface area contributed by atoms with Crippen molar-refractivity contribution in [3.63, 3.8) is 0 Å². The number of carbonyl (C=O) groups excluding carboxylic acids is 3. The first-order valence-electron chi connectivity index (χ1n) is 16.0. The fourth-order valence-electron chi connectivity index (χ4n) is 7.83. The molecule has 3 aromatic rings. The van der Waals surface area contributed by atoms with Gasteiger partial charge in [0.25, 0.3) is 5.91 Å². The van der Waals surface area contributed by atoms with Gasteiger partial charge in [0.15, 0.2) is 11.6 Å². The molecule has 2 fully saturated rings. The maximum atomic E-state index is 15.6. The van der Waals surface area contributed by atoms with Crippen molar-refractivity contribution in [1.29, 1.82) is 0 Å². The summed E-state index contributed by atoms with van der Waals surface area (Å²) in [6.45, 7) is 12.3. The summed E-state index contributed by atoms with van der Waals surface area (Å²) < 4.78 is 38.1. The molecule has 8 nitrogen and oxygen atoms in total. The molecule has 46 heavy (non-hydrogen) atoms. The second-order valence-electron chi connectivity index (χ2n) is 13.7. The van der Waals surface area contributed by atoms with Gasteiger partial charge in [-0.1, -0.05) is 32.0 Å². The van der Waals surface area contributed by atoms with Crippen LogP contribution in [0.4, 0.5) is 8.78 Å². The third-order valence-electron chi connectivity index (χ3n) is 10.4. The number of hydrogen-bond acceptors (Lipinski definition) is 5. The molecule has 6 rings (SSSR count). The topological polar surface area (TPSA) is 83.9 Å². The molecule has 2 aromatic carbocycles. The van der Waals surface area contributed by atoms with Gasteiger partial charge in [0.2, 0.25) is 5.91 Å². The number of halogens is 2. The lowest BCUT2D eigenvalue weighted by Crippen LogP contribution is -2.51. The number of nitrogens with one attached hydrogen (secondary N) is 1. The summed E-state index contributed by atoms with van der Waals surface area (Å²) in [6, 6.07) is 10.0. The summed E-state index contributed by atoms with van der Waals surface area (Å²) in [5.41, 5.74) is 4.21. The zero-order valence-corrected chi connectivity index (χ0v) is 27.3. The molecule has 1 aliphatic carbocycles. The fraction of sp³-hybridized carbons (Fsp3) is 0.472. The first kappa shape index (κ1) is 31.9. The predicted octanol–water partition coefficient (Wildman–Crippen LogP) is 5.40. The van der Waals surface area contributed by atoms with Crippen LogP contribution in [-0.4, -0.2) is 64.9 Å². The molecule has 0 radical (unpaired) electrons. The smallest absolute Gasteiger partial charge is 0.308 e. The van der Waals surface area contributed by atoms with E-state index in [1.54, 1.807) is 11.8 Å². The van der Waals surface area contributed by atoms with Crippen molar-refractivity contribution in [3.8, 4) is 11.1 Å². The molecule has 10 heteroatoms. The molecular formula is C36H42F2N4O4. The van der Waals surface area contributed by atoms with Crippen LogP contribution in [-0.2, 0) is 27.4 Å². The number of nitrogens with zero attached hydrogens (tertiary/aromatic N) is 3. The number of benzene rings is 2. The monoisotopic (exact) mass is 632 g/mol. The Balaban J connectivity index is 1.35. The largest absolute Gasteiger partial charge is 0.466 e. The lowest BCUT2D eigenvalue weighted by molar-refractivity contribution is -0.144. The van der Waals surface area contributed by atoms with Gasteiger partial charge < -0.3 is 19.5 Å². The minimum absolute atomic E-state index is 0.0963. The molecule has 2 aliphatic heterocycles. The summed E-state index contributed by atoms with van der Waals surface area (Å²) in [5.74, 6) is -3.58. The normalized spacial score (nSPS) is 22.2. The Morgan fingerprint density at radius 1 is 1.07 bits per heavy atom. The first-order valence-corrected chi connectivity index (χ1v) is 16.0. The summed E-state index contributed by atoms with van der Waals surface area (Å²) in [7, 11) is 2.04. The Hall–Kier alpha value is -4.05. The molecule has 1 aromatic heterocycles. The number of ether oxygens (including phenoxy) is 1. The second-order valence-corrected chi connectivity index (χ2v) is 13.7. The predicted molar refractivity (Wildman–Crippen MR) is 170 cm³/mol. The first-order chi connectivity index (χ1) is 21.8. The van der Waals surface area contributed by atoms with Gasteiger partial charge in [0.1, 0.15) is 11.7 Å². The third-order valence-corrected chi connectivity index (χ3v) is 10.4. The molecule has 1 saturated carbocycles.